The lowest BCUT2D eigenvalue weighted by Crippen LogP contribution is -1.96. The summed E-state index contributed by atoms with van der Waals surface area (Å²) in [7, 11) is -7.32. The van der Waals surface area contributed by atoms with Gasteiger partial charge in [0.25, 0.3) is 0 Å². The van der Waals surface area contributed by atoms with Crippen molar-refractivity contribution in [3.8, 4) is 34.0 Å². The first-order chi connectivity index (χ1) is 14.1. The van der Waals surface area contributed by atoms with E-state index in [9.17, 15) is 16.8 Å². The van der Waals surface area contributed by atoms with Crippen LogP contribution >= 0.6 is 0 Å². The van der Waals surface area contributed by atoms with Gasteiger partial charge in [0.1, 0.15) is 0 Å². The molecular formula is C18H14N4O6S2. The van der Waals surface area contributed by atoms with Crippen LogP contribution in [0.5, 0.6) is 0 Å². The summed E-state index contributed by atoms with van der Waals surface area (Å²) in [5.41, 5.74) is 2.21. The fraction of sp³-hybridized carbons (Fsp3) is 0.111. The lowest BCUT2D eigenvalue weighted by molar-refractivity contribution is 0.441. The summed E-state index contributed by atoms with van der Waals surface area (Å²) in [6.45, 7) is 0. The zero-order chi connectivity index (χ0) is 21.5. The molecule has 2 aromatic carbocycles. The van der Waals surface area contributed by atoms with Gasteiger partial charge >= 0.3 is 10.4 Å². The van der Waals surface area contributed by atoms with E-state index in [0.29, 0.717) is 22.3 Å². The zero-order valence-electron chi connectivity index (χ0n) is 15.7. The topological polar surface area (TPSA) is 146 Å². The number of sulfone groups is 2. The van der Waals surface area contributed by atoms with Crippen molar-refractivity contribution < 1.29 is 25.7 Å². The molecule has 0 amide bonds. The molecule has 2 heterocycles. The molecule has 154 valence electrons. The molecule has 0 fully saturated rings. The van der Waals surface area contributed by atoms with Crippen molar-refractivity contribution in [2.45, 2.75) is 10.4 Å². The largest absolute Gasteiger partial charge is 0.408 e. The van der Waals surface area contributed by atoms with E-state index < -0.39 is 30.1 Å². The van der Waals surface area contributed by atoms with Crippen molar-refractivity contribution in [3.05, 3.63) is 48.5 Å². The highest BCUT2D eigenvalue weighted by Gasteiger charge is 2.23. The second kappa shape index (κ2) is 7.15. The molecule has 4 aromatic rings. The molecule has 30 heavy (non-hydrogen) atoms. The third-order valence-corrected chi connectivity index (χ3v) is 5.65. The molecule has 0 radical (unpaired) electrons. The summed E-state index contributed by atoms with van der Waals surface area (Å²) in [4.78, 5) is 0. The Hall–Kier alpha value is -3.38. The van der Waals surface area contributed by atoms with Gasteiger partial charge in [-0.2, -0.15) is 0 Å². The highest BCUT2D eigenvalue weighted by atomic mass is 32.2. The van der Waals surface area contributed by atoms with Crippen LogP contribution in [-0.4, -0.2) is 49.7 Å². The Kier molecular flexibility index (Phi) is 4.74. The van der Waals surface area contributed by atoms with Gasteiger partial charge < -0.3 is 8.83 Å². The molecule has 0 aliphatic carbocycles. The first-order valence-electron chi connectivity index (χ1n) is 8.41. The number of benzene rings is 2. The van der Waals surface area contributed by atoms with Crippen molar-refractivity contribution in [3.63, 3.8) is 0 Å². The van der Waals surface area contributed by atoms with Gasteiger partial charge in [0.05, 0.1) is 0 Å². The van der Waals surface area contributed by atoms with Crippen molar-refractivity contribution in [2.75, 3.05) is 12.5 Å². The smallest absolute Gasteiger partial charge is 0.335 e. The van der Waals surface area contributed by atoms with Crippen molar-refractivity contribution in [1.29, 1.82) is 0 Å². The van der Waals surface area contributed by atoms with E-state index in [-0.39, 0.29) is 11.8 Å². The minimum Gasteiger partial charge on any atom is -0.408 e. The van der Waals surface area contributed by atoms with E-state index in [1.54, 1.807) is 48.5 Å². The maximum absolute atomic E-state index is 11.7. The van der Waals surface area contributed by atoms with Gasteiger partial charge in [-0.05, 0) is 23.3 Å². The molecule has 0 unspecified atom stereocenters. The molecule has 12 heteroatoms. The summed E-state index contributed by atoms with van der Waals surface area (Å²) in [6, 6.07) is 14.0. The van der Waals surface area contributed by atoms with E-state index in [1.165, 1.54) is 0 Å². The highest BCUT2D eigenvalue weighted by Crippen LogP contribution is 2.37. The molecule has 0 atom stereocenters. The molecule has 0 aliphatic heterocycles. The molecule has 0 N–H and O–H groups in total. The number of nitrogens with zero attached hydrogens (tertiary/aromatic N) is 4. The Morgan fingerprint density at radius 3 is 1.20 bits per heavy atom. The molecule has 0 saturated carbocycles. The zero-order valence-corrected chi connectivity index (χ0v) is 17.3. The summed E-state index contributed by atoms with van der Waals surface area (Å²) in [5.74, 6) is 0.0337. The Bertz CT molecular complexity index is 1340. The van der Waals surface area contributed by atoms with Gasteiger partial charge in [-0.1, -0.05) is 46.6 Å². The Morgan fingerprint density at radius 1 is 0.567 bits per heavy atom. The molecule has 2 aromatic heterocycles. The highest BCUT2D eigenvalue weighted by molar-refractivity contribution is 7.90. The molecule has 0 saturated heterocycles. The molecule has 10 nitrogen and oxygen atoms in total. The average molecular weight is 446 g/mol. The number of hydrogen-bond acceptors (Lipinski definition) is 10. The average Bonchev–Trinajstić information content (AvgIpc) is 3.37. The van der Waals surface area contributed by atoms with Gasteiger partial charge in [0.2, 0.25) is 31.5 Å². The molecule has 0 aliphatic rings. The first-order valence-corrected chi connectivity index (χ1v) is 12.2. The van der Waals surface area contributed by atoms with Crippen molar-refractivity contribution in [1.82, 2.24) is 20.4 Å². The predicted molar refractivity (Wildman–Crippen MR) is 105 cm³/mol. The third-order valence-electron chi connectivity index (χ3n) is 4.05. The van der Waals surface area contributed by atoms with E-state index in [4.69, 9.17) is 8.83 Å². The Balaban J connectivity index is 1.88. The second-order valence-corrected chi connectivity index (χ2v) is 10.2. The van der Waals surface area contributed by atoms with Crippen LogP contribution in [0, 0.1) is 0 Å². The van der Waals surface area contributed by atoms with Gasteiger partial charge in [-0.15, -0.1) is 10.2 Å². The Morgan fingerprint density at radius 2 is 0.900 bits per heavy atom. The molecule has 4 rings (SSSR count). The van der Waals surface area contributed by atoms with E-state index in [1.807, 2.05) is 0 Å². The second-order valence-electron chi connectivity index (χ2n) is 6.38. The van der Waals surface area contributed by atoms with Crippen LogP contribution in [0.4, 0.5) is 0 Å². The van der Waals surface area contributed by atoms with Gasteiger partial charge in [-0.3, -0.25) is 0 Å². The van der Waals surface area contributed by atoms with Crippen LogP contribution in [0.2, 0.25) is 0 Å². The lowest BCUT2D eigenvalue weighted by Gasteiger charge is -2.10. The quantitative estimate of drug-likeness (QED) is 0.447. The van der Waals surface area contributed by atoms with Gasteiger partial charge in [0.15, 0.2) is 0 Å². The van der Waals surface area contributed by atoms with E-state index >= 15 is 0 Å². The van der Waals surface area contributed by atoms with Gasteiger partial charge in [0, 0.05) is 23.6 Å². The minimum atomic E-state index is -3.66. The van der Waals surface area contributed by atoms with Crippen molar-refractivity contribution in [2.24, 2.45) is 0 Å². The fourth-order valence-electron chi connectivity index (χ4n) is 2.75. The number of rotatable bonds is 5. The fourth-order valence-corrected chi connectivity index (χ4v) is 3.58. The SMILES string of the molecule is CS(=O)(=O)c1nnc(-c2ccccc2-c2ccccc2-c2nnc(S(C)(=O)=O)o2)o1. The normalized spacial score (nSPS) is 12.2. The summed E-state index contributed by atoms with van der Waals surface area (Å²) in [5, 5.41) is 13.9. The van der Waals surface area contributed by atoms with E-state index in [0.717, 1.165) is 12.5 Å². The monoisotopic (exact) mass is 446 g/mol. The Labute approximate surface area is 171 Å². The predicted octanol–water partition coefficient (Wildman–Crippen LogP) is 2.26. The van der Waals surface area contributed by atoms with Crippen LogP contribution < -0.4 is 0 Å². The van der Waals surface area contributed by atoms with Crippen LogP contribution in [0.25, 0.3) is 34.0 Å². The maximum atomic E-state index is 11.7. The summed E-state index contributed by atoms with van der Waals surface area (Å²) < 4.78 is 57.4. The lowest BCUT2D eigenvalue weighted by atomic mass is 9.95. The summed E-state index contributed by atoms with van der Waals surface area (Å²) >= 11 is 0. The van der Waals surface area contributed by atoms with Crippen LogP contribution in [0.1, 0.15) is 0 Å². The molecular weight excluding hydrogens is 432 g/mol. The molecule has 0 spiro atoms. The van der Waals surface area contributed by atoms with E-state index in [2.05, 4.69) is 20.4 Å². The van der Waals surface area contributed by atoms with Gasteiger partial charge in [-0.25, -0.2) is 16.8 Å². The van der Waals surface area contributed by atoms with Crippen LogP contribution in [0.3, 0.4) is 0 Å². The van der Waals surface area contributed by atoms with Crippen molar-refractivity contribution >= 4 is 19.7 Å². The summed E-state index contributed by atoms with van der Waals surface area (Å²) in [6.07, 6.45) is 1.95. The van der Waals surface area contributed by atoms with Crippen LogP contribution in [-0.2, 0) is 19.7 Å². The minimum absolute atomic E-state index is 0.0168. The maximum Gasteiger partial charge on any atom is 0.335 e. The number of aromatic nitrogens is 4. The number of hydrogen-bond donors (Lipinski definition) is 0. The standard InChI is InChI=1S/C18H14N4O6S2/c1-29(23,24)17-21-19-15(27-17)13-9-5-3-7-11(13)12-8-4-6-10-14(12)16-20-22-18(28-16)30(2,25)26/h3-10H,1-2H3. The van der Waals surface area contributed by atoms with Crippen LogP contribution in [0.15, 0.2) is 67.8 Å². The molecule has 0 bridgehead atoms. The third kappa shape index (κ3) is 3.74. The first kappa shape index (κ1) is 19.9.